The molecule has 0 radical (unpaired) electrons. The maximum Gasteiger partial charge on any atom is 0.122 e. The van der Waals surface area contributed by atoms with Crippen molar-refractivity contribution < 1.29 is 14.2 Å². The number of methoxy groups -OCH3 is 1. The van der Waals surface area contributed by atoms with Crippen LogP contribution in [0.3, 0.4) is 0 Å². The van der Waals surface area contributed by atoms with Crippen molar-refractivity contribution in [2.24, 2.45) is 0 Å². The Morgan fingerprint density at radius 2 is 1.61 bits per heavy atom. The number of hydrogen-bond donors (Lipinski definition) is 0. The number of nitrogens with zero attached hydrogens (tertiary/aromatic N) is 2. The van der Waals surface area contributed by atoms with Crippen LogP contribution in [0.25, 0.3) is 11.1 Å². The Balaban J connectivity index is 1.31. The SMILES string of the molecule is COc1ccc(Cc2ccc(CN3CCOCC3)c(Br)c2)c(-c2ccc(OCCN3CCCC3)cc2)c1C. The standard InChI is InChI=1S/C32H39BrN2O3/c1-24-31(36-2)12-9-27(21-25-5-6-28(30(33)22-25)23-35-15-18-37-19-16-35)32(24)26-7-10-29(11-8-26)38-20-17-34-13-3-4-14-34/h5-12,22H,3-4,13-21,23H2,1-2H3. The van der Waals surface area contributed by atoms with E-state index in [1.807, 2.05) is 0 Å². The van der Waals surface area contributed by atoms with E-state index in [1.165, 1.54) is 58.2 Å². The zero-order valence-electron chi connectivity index (χ0n) is 22.7. The van der Waals surface area contributed by atoms with Crippen LogP contribution >= 0.6 is 15.9 Å². The fourth-order valence-electron chi connectivity index (χ4n) is 5.58. The minimum Gasteiger partial charge on any atom is -0.496 e. The highest BCUT2D eigenvalue weighted by molar-refractivity contribution is 9.10. The van der Waals surface area contributed by atoms with E-state index >= 15 is 0 Å². The molecular formula is C32H39BrN2O3. The third-order valence-electron chi connectivity index (χ3n) is 7.75. The number of halogens is 1. The fourth-order valence-corrected chi connectivity index (χ4v) is 6.14. The summed E-state index contributed by atoms with van der Waals surface area (Å²) in [5.41, 5.74) is 7.49. The quantitative estimate of drug-likeness (QED) is 0.281. The first-order valence-corrected chi connectivity index (χ1v) is 14.6. The van der Waals surface area contributed by atoms with Crippen LogP contribution in [0.1, 0.15) is 35.1 Å². The molecule has 2 heterocycles. The summed E-state index contributed by atoms with van der Waals surface area (Å²) in [6.07, 6.45) is 3.48. The van der Waals surface area contributed by atoms with Gasteiger partial charge >= 0.3 is 0 Å². The van der Waals surface area contributed by atoms with Crippen LogP contribution in [0.4, 0.5) is 0 Å². The maximum atomic E-state index is 6.06. The van der Waals surface area contributed by atoms with E-state index in [2.05, 4.69) is 87.3 Å². The molecule has 202 valence electrons. The number of likely N-dealkylation sites (tertiary alicyclic amines) is 1. The van der Waals surface area contributed by atoms with E-state index in [0.717, 1.165) is 69.5 Å². The van der Waals surface area contributed by atoms with E-state index in [9.17, 15) is 0 Å². The van der Waals surface area contributed by atoms with E-state index in [4.69, 9.17) is 14.2 Å². The van der Waals surface area contributed by atoms with Crippen molar-refractivity contribution in [3.05, 3.63) is 81.3 Å². The normalized spacial score (nSPS) is 16.6. The van der Waals surface area contributed by atoms with Gasteiger partial charge in [-0.3, -0.25) is 9.80 Å². The number of morpholine rings is 1. The zero-order chi connectivity index (χ0) is 26.3. The van der Waals surface area contributed by atoms with Crippen molar-refractivity contribution in [3.8, 4) is 22.6 Å². The third kappa shape index (κ3) is 6.78. The Morgan fingerprint density at radius 1 is 0.868 bits per heavy atom. The van der Waals surface area contributed by atoms with Crippen LogP contribution in [-0.4, -0.2) is 69.5 Å². The monoisotopic (exact) mass is 578 g/mol. The summed E-state index contributed by atoms with van der Waals surface area (Å²) in [6, 6.07) is 19.6. The highest BCUT2D eigenvalue weighted by Gasteiger charge is 2.16. The number of benzene rings is 3. The summed E-state index contributed by atoms with van der Waals surface area (Å²) in [5.74, 6) is 1.84. The van der Waals surface area contributed by atoms with Gasteiger partial charge in [0.25, 0.3) is 0 Å². The van der Waals surface area contributed by atoms with E-state index in [1.54, 1.807) is 7.11 Å². The minimum atomic E-state index is 0.735. The predicted octanol–water partition coefficient (Wildman–Crippen LogP) is 6.33. The summed E-state index contributed by atoms with van der Waals surface area (Å²) in [4.78, 5) is 4.93. The van der Waals surface area contributed by atoms with Crippen LogP contribution in [0, 0.1) is 6.92 Å². The molecule has 0 saturated carbocycles. The lowest BCUT2D eigenvalue weighted by atomic mass is 9.90. The molecule has 0 amide bonds. The first kappa shape index (κ1) is 27.2. The van der Waals surface area contributed by atoms with E-state index < -0.39 is 0 Å². The first-order chi connectivity index (χ1) is 18.6. The van der Waals surface area contributed by atoms with Crippen LogP contribution < -0.4 is 9.47 Å². The molecule has 2 saturated heterocycles. The predicted molar refractivity (Wildman–Crippen MR) is 157 cm³/mol. The van der Waals surface area contributed by atoms with Crippen molar-refractivity contribution in [2.45, 2.75) is 32.7 Å². The largest absolute Gasteiger partial charge is 0.496 e. The summed E-state index contributed by atoms with van der Waals surface area (Å²) in [6.45, 7) is 10.9. The Kier molecular flexibility index (Phi) is 9.39. The molecule has 0 atom stereocenters. The summed E-state index contributed by atoms with van der Waals surface area (Å²) >= 11 is 3.84. The third-order valence-corrected chi connectivity index (χ3v) is 8.49. The average molecular weight is 580 g/mol. The lowest BCUT2D eigenvalue weighted by Gasteiger charge is -2.27. The Morgan fingerprint density at radius 3 is 2.32 bits per heavy atom. The highest BCUT2D eigenvalue weighted by atomic mass is 79.9. The molecule has 38 heavy (non-hydrogen) atoms. The lowest BCUT2D eigenvalue weighted by molar-refractivity contribution is 0.0341. The zero-order valence-corrected chi connectivity index (χ0v) is 24.3. The number of hydrogen-bond acceptors (Lipinski definition) is 5. The maximum absolute atomic E-state index is 6.06. The van der Waals surface area contributed by atoms with Gasteiger partial charge in [-0.2, -0.15) is 0 Å². The van der Waals surface area contributed by atoms with Gasteiger partial charge < -0.3 is 14.2 Å². The Labute approximate surface area is 235 Å². The summed E-state index contributed by atoms with van der Waals surface area (Å²) in [7, 11) is 1.74. The van der Waals surface area contributed by atoms with Gasteiger partial charge in [-0.1, -0.05) is 46.3 Å². The molecular weight excluding hydrogens is 540 g/mol. The van der Waals surface area contributed by atoms with Gasteiger partial charge in [0.2, 0.25) is 0 Å². The minimum absolute atomic E-state index is 0.735. The topological polar surface area (TPSA) is 34.2 Å². The Bertz CT molecular complexity index is 1200. The number of ether oxygens (including phenoxy) is 3. The molecule has 3 aromatic carbocycles. The second kappa shape index (κ2) is 13.1. The van der Waals surface area contributed by atoms with Gasteiger partial charge in [-0.05, 0) is 96.9 Å². The van der Waals surface area contributed by atoms with Gasteiger partial charge in [0.15, 0.2) is 0 Å². The Hall–Kier alpha value is -2.38. The van der Waals surface area contributed by atoms with Crippen LogP contribution in [-0.2, 0) is 17.7 Å². The molecule has 5 rings (SSSR count). The molecule has 2 aliphatic rings. The smallest absolute Gasteiger partial charge is 0.122 e. The summed E-state index contributed by atoms with van der Waals surface area (Å²) in [5, 5.41) is 0. The molecule has 5 nitrogen and oxygen atoms in total. The average Bonchev–Trinajstić information content (AvgIpc) is 3.45. The van der Waals surface area contributed by atoms with Gasteiger partial charge in [-0.25, -0.2) is 0 Å². The van der Waals surface area contributed by atoms with Crippen molar-refractivity contribution in [1.29, 1.82) is 0 Å². The van der Waals surface area contributed by atoms with Gasteiger partial charge in [0, 0.05) is 30.7 Å². The molecule has 0 spiro atoms. The summed E-state index contributed by atoms with van der Waals surface area (Å²) < 4.78 is 18.4. The van der Waals surface area contributed by atoms with Crippen molar-refractivity contribution in [2.75, 3.05) is 59.7 Å². The first-order valence-electron chi connectivity index (χ1n) is 13.8. The molecule has 3 aromatic rings. The van der Waals surface area contributed by atoms with Crippen LogP contribution in [0.5, 0.6) is 11.5 Å². The molecule has 2 aliphatic heterocycles. The van der Waals surface area contributed by atoms with Crippen LogP contribution in [0.2, 0.25) is 0 Å². The van der Waals surface area contributed by atoms with Gasteiger partial charge in [-0.15, -0.1) is 0 Å². The van der Waals surface area contributed by atoms with Crippen molar-refractivity contribution in [3.63, 3.8) is 0 Å². The van der Waals surface area contributed by atoms with E-state index in [0.29, 0.717) is 0 Å². The second-order valence-electron chi connectivity index (χ2n) is 10.3. The molecule has 0 bridgehead atoms. The number of rotatable bonds is 10. The van der Waals surface area contributed by atoms with Gasteiger partial charge in [0.1, 0.15) is 18.1 Å². The highest BCUT2D eigenvalue weighted by Crippen LogP contribution is 2.36. The lowest BCUT2D eigenvalue weighted by Crippen LogP contribution is -2.35. The molecule has 0 unspecified atom stereocenters. The molecule has 6 heteroatoms. The molecule has 0 aromatic heterocycles. The molecule has 0 aliphatic carbocycles. The van der Waals surface area contributed by atoms with E-state index in [-0.39, 0.29) is 0 Å². The fraction of sp³-hybridized carbons (Fsp3) is 0.438. The van der Waals surface area contributed by atoms with Crippen molar-refractivity contribution >= 4 is 15.9 Å². The molecule has 0 N–H and O–H groups in total. The van der Waals surface area contributed by atoms with Crippen LogP contribution in [0.15, 0.2) is 59.1 Å². The van der Waals surface area contributed by atoms with Gasteiger partial charge in [0.05, 0.1) is 20.3 Å². The molecule has 2 fully saturated rings. The van der Waals surface area contributed by atoms with Crippen molar-refractivity contribution in [1.82, 2.24) is 9.80 Å². The second-order valence-corrected chi connectivity index (χ2v) is 11.2.